The van der Waals surface area contributed by atoms with Crippen molar-refractivity contribution >= 4 is 17.2 Å². The van der Waals surface area contributed by atoms with Gasteiger partial charge in [0.05, 0.1) is 5.54 Å². The van der Waals surface area contributed by atoms with Gasteiger partial charge in [0.2, 0.25) is 0 Å². The number of hydrogen-bond acceptors (Lipinski definition) is 5. The van der Waals surface area contributed by atoms with E-state index < -0.39 is 5.54 Å². The van der Waals surface area contributed by atoms with Gasteiger partial charge in [0.15, 0.2) is 5.69 Å². The number of aryl methyl sites for hydroxylation is 1. The first-order valence-electron chi connectivity index (χ1n) is 6.99. The lowest BCUT2D eigenvalue weighted by Crippen LogP contribution is -2.41. The van der Waals surface area contributed by atoms with Crippen molar-refractivity contribution < 1.29 is 4.79 Å². The third kappa shape index (κ3) is 2.71. The second-order valence-electron chi connectivity index (χ2n) is 5.83. The first-order valence-corrected chi connectivity index (χ1v) is 7.87. The number of fused-ring (bicyclic) bond motifs is 1. The number of hydrogen-bond donors (Lipinski definition) is 3. The predicted octanol–water partition coefficient (Wildman–Crippen LogP) is 1.49. The van der Waals surface area contributed by atoms with Gasteiger partial charge in [0, 0.05) is 41.8 Å². The lowest BCUT2D eigenvalue weighted by molar-refractivity contribution is 0.0905. The molecule has 1 amide bonds. The molecule has 0 saturated carbocycles. The van der Waals surface area contributed by atoms with Crippen molar-refractivity contribution in [3.8, 4) is 0 Å². The summed E-state index contributed by atoms with van der Waals surface area (Å²) in [6, 6.07) is 0. The Bertz CT molecular complexity index is 673. The van der Waals surface area contributed by atoms with Crippen LogP contribution in [-0.2, 0) is 18.5 Å². The molecule has 0 aliphatic carbocycles. The highest BCUT2D eigenvalue weighted by Gasteiger charge is 2.29. The normalized spacial score (nSPS) is 14.8. The Hall–Kier alpha value is -1.73. The maximum atomic E-state index is 12.5. The quantitative estimate of drug-likeness (QED) is 0.802. The van der Waals surface area contributed by atoms with Crippen molar-refractivity contribution in [3.63, 3.8) is 0 Å². The monoisotopic (exact) mass is 305 g/mol. The minimum absolute atomic E-state index is 0.158. The average molecular weight is 305 g/mol. The number of H-pyrrole nitrogens is 1. The van der Waals surface area contributed by atoms with Crippen LogP contribution in [0.2, 0.25) is 0 Å². The fourth-order valence-corrected chi connectivity index (χ4v) is 3.33. The molecular formula is C14H19N5OS. The van der Waals surface area contributed by atoms with E-state index in [4.69, 9.17) is 0 Å². The number of amides is 1. The molecule has 0 spiro atoms. The predicted molar refractivity (Wildman–Crippen MR) is 81.3 cm³/mol. The number of rotatable bonds is 3. The van der Waals surface area contributed by atoms with Crippen molar-refractivity contribution in [3.05, 3.63) is 33.0 Å². The van der Waals surface area contributed by atoms with Gasteiger partial charge in [0.1, 0.15) is 5.01 Å². The molecule has 3 heterocycles. The van der Waals surface area contributed by atoms with Crippen LogP contribution in [0.1, 0.15) is 46.3 Å². The van der Waals surface area contributed by atoms with Gasteiger partial charge in [-0.3, -0.25) is 9.89 Å². The highest BCUT2D eigenvalue weighted by atomic mass is 32.1. The molecule has 3 rings (SSSR count). The lowest BCUT2D eigenvalue weighted by Gasteiger charge is -2.23. The van der Waals surface area contributed by atoms with Crippen LogP contribution in [0.3, 0.4) is 0 Å². The number of carbonyl (C=O) groups excluding carboxylic acids is 1. The third-order valence-electron chi connectivity index (χ3n) is 3.60. The van der Waals surface area contributed by atoms with Gasteiger partial charge in [-0.1, -0.05) is 0 Å². The third-order valence-corrected chi connectivity index (χ3v) is 4.88. The summed E-state index contributed by atoms with van der Waals surface area (Å²) in [5.41, 5.74) is 2.98. The number of thiazole rings is 1. The van der Waals surface area contributed by atoms with Crippen LogP contribution in [0.4, 0.5) is 0 Å². The fraction of sp³-hybridized carbons (Fsp3) is 0.500. The van der Waals surface area contributed by atoms with Crippen molar-refractivity contribution in [2.24, 2.45) is 0 Å². The molecule has 7 heteroatoms. The largest absolute Gasteiger partial charge is 0.339 e. The van der Waals surface area contributed by atoms with Crippen LogP contribution in [0.25, 0.3) is 0 Å². The number of nitrogens with zero attached hydrogens (tertiary/aromatic N) is 2. The number of nitrogens with one attached hydrogen (secondary N) is 3. The van der Waals surface area contributed by atoms with Gasteiger partial charge in [0.25, 0.3) is 5.91 Å². The first kappa shape index (κ1) is 14.2. The Morgan fingerprint density at radius 1 is 1.48 bits per heavy atom. The van der Waals surface area contributed by atoms with Crippen LogP contribution in [0.15, 0.2) is 5.38 Å². The minimum Gasteiger partial charge on any atom is -0.339 e. The topological polar surface area (TPSA) is 82.7 Å². The molecule has 0 saturated heterocycles. The molecule has 2 aromatic rings. The Balaban J connectivity index is 1.81. The number of aromatic amines is 1. The lowest BCUT2D eigenvalue weighted by atomic mass is 10.0. The second kappa shape index (κ2) is 5.23. The van der Waals surface area contributed by atoms with Crippen LogP contribution in [0.5, 0.6) is 0 Å². The number of carbonyl (C=O) groups is 1. The van der Waals surface area contributed by atoms with E-state index in [1.165, 1.54) is 0 Å². The summed E-state index contributed by atoms with van der Waals surface area (Å²) in [5.74, 6) is -0.158. The smallest absolute Gasteiger partial charge is 0.272 e. The van der Waals surface area contributed by atoms with Crippen LogP contribution in [0, 0.1) is 6.92 Å². The van der Waals surface area contributed by atoms with Crippen LogP contribution in [-0.4, -0.2) is 27.6 Å². The average Bonchev–Trinajstić information content (AvgIpc) is 3.04. The highest BCUT2D eigenvalue weighted by molar-refractivity contribution is 7.09. The molecule has 2 aromatic heterocycles. The molecule has 1 aliphatic rings. The van der Waals surface area contributed by atoms with E-state index in [-0.39, 0.29) is 5.91 Å². The van der Waals surface area contributed by atoms with E-state index >= 15 is 0 Å². The molecule has 0 fully saturated rings. The zero-order chi connectivity index (χ0) is 15.0. The summed E-state index contributed by atoms with van der Waals surface area (Å²) >= 11 is 1.56. The van der Waals surface area contributed by atoms with Gasteiger partial charge >= 0.3 is 0 Å². The zero-order valence-electron chi connectivity index (χ0n) is 12.4. The molecule has 112 valence electrons. The van der Waals surface area contributed by atoms with Crippen LogP contribution >= 0.6 is 11.3 Å². The van der Waals surface area contributed by atoms with E-state index in [0.29, 0.717) is 12.2 Å². The van der Waals surface area contributed by atoms with Crippen molar-refractivity contribution in [1.82, 2.24) is 25.8 Å². The summed E-state index contributed by atoms with van der Waals surface area (Å²) in [4.78, 5) is 17.0. The molecule has 1 aliphatic heterocycles. The van der Waals surface area contributed by atoms with Crippen LogP contribution < -0.4 is 10.6 Å². The molecule has 0 atom stereocenters. The van der Waals surface area contributed by atoms with Gasteiger partial charge < -0.3 is 10.6 Å². The fourth-order valence-electron chi connectivity index (χ4n) is 2.45. The highest BCUT2D eigenvalue weighted by Crippen LogP contribution is 2.25. The molecule has 3 N–H and O–H groups in total. The van der Waals surface area contributed by atoms with Gasteiger partial charge in [-0.15, -0.1) is 11.3 Å². The summed E-state index contributed by atoms with van der Waals surface area (Å²) in [6.45, 7) is 7.47. The summed E-state index contributed by atoms with van der Waals surface area (Å²) in [5, 5.41) is 16.4. The summed E-state index contributed by atoms with van der Waals surface area (Å²) in [7, 11) is 0. The van der Waals surface area contributed by atoms with E-state index in [1.54, 1.807) is 11.3 Å². The Labute approximate surface area is 127 Å². The summed E-state index contributed by atoms with van der Waals surface area (Å²) < 4.78 is 0. The van der Waals surface area contributed by atoms with E-state index in [1.807, 2.05) is 26.2 Å². The Kier molecular flexibility index (Phi) is 3.54. The molecular weight excluding hydrogens is 286 g/mol. The van der Waals surface area contributed by atoms with E-state index in [2.05, 4.69) is 25.8 Å². The van der Waals surface area contributed by atoms with E-state index in [9.17, 15) is 4.79 Å². The number of aromatic nitrogens is 3. The van der Waals surface area contributed by atoms with E-state index in [0.717, 1.165) is 34.9 Å². The van der Waals surface area contributed by atoms with Gasteiger partial charge in [-0.05, 0) is 20.8 Å². The molecule has 0 aromatic carbocycles. The van der Waals surface area contributed by atoms with Crippen molar-refractivity contribution in [1.29, 1.82) is 0 Å². The molecule has 0 bridgehead atoms. The van der Waals surface area contributed by atoms with Crippen molar-refractivity contribution in [2.45, 2.75) is 39.3 Å². The minimum atomic E-state index is -0.510. The Morgan fingerprint density at radius 3 is 3.00 bits per heavy atom. The SMILES string of the molecule is Cc1csc(C(C)(C)NC(=O)c2n[nH]c3c2CNCC3)n1. The molecule has 0 unspecified atom stereocenters. The maximum absolute atomic E-state index is 12.5. The van der Waals surface area contributed by atoms with Gasteiger partial charge in [-0.25, -0.2) is 4.98 Å². The van der Waals surface area contributed by atoms with Gasteiger partial charge in [-0.2, -0.15) is 5.10 Å². The van der Waals surface area contributed by atoms with Crippen molar-refractivity contribution in [2.75, 3.05) is 6.54 Å². The second-order valence-corrected chi connectivity index (χ2v) is 6.69. The first-order chi connectivity index (χ1) is 9.97. The maximum Gasteiger partial charge on any atom is 0.272 e. The summed E-state index contributed by atoms with van der Waals surface area (Å²) in [6.07, 6.45) is 0.880. The molecule has 21 heavy (non-hydrogen) atoms. The standard InChI is InChI=1S/C14H19N5OS/c1-8-7-21-13(16-8)14(2,3)17-12(20)11-9-6-15-5-4-10(9)18-19-11/h7,15H,4-6H2,1-3H3,(H,17,20)(H,18,19). The zero-order valence-corrected chi connectivity index (χ0v) is 13.2. The molecule has 0 radical (unpaired) electrons. The molecule has 6 nitrogen and oxygen atoms in total. The Morgan fingerprint density at radius 2 is 2.29 bits per heavy atom.